The molecular weight excluding hydrogens is 257 g/mol. The molecule has 1 aromatic rings. The van der Waals surface area contributed by atoms with Crippen molar-refractivity contribution in [3.8, 4) is 0 Å². The molecule has 0 aromatic heterocycles. The van der Waals surface area contributed by atoms with Crippen LogP contribution in [0.15, 0.2) is 18.2 Å². The Morgan fingerprint density at radius 3 is 2.47 bits per heavy atom. The third-order valence-electron chi connectivity index (χ3n) is 1.91. The topological polar surface area (TPSA) is 55.1 Å². The summed E-state index contributed by atoms with van der Waals surface area (Å²) in [5.74, 6) is -0.583. The van der Waals surface area contributed by atoms with E-state index in [1.165, 1.54) is 13.0 Å². The number of benzene rings is 1. The fourth-order valence-electron chi connectivity index (χ4n) is 1.08. The first-order valence-electron chi connectivity index (χ1n) is 4.64. The van der Waals surface area contributed by atoms with Crippen molar-refractivity contribution in [1.82, 2.24) is 0 Å². The van der Waals surface area contributed by atoms with E-state index in [-0.39, 0.29) is 10.7 Å². The molecule has 1 unspecified atom stereocenters. The van der Waals surface area contributed by atoms with Crippen molar-refractivity contribution in [2.45, 2.75) is 19.1 Å². The quantitative estimate of drug-likeness (QED) is 0.865. The van der Waals surface area contributed by atoms with Crippen molar-refractivity contribution in [2.24, 2.45) is 5.73 Å². The van der Waals surface area contributed by atoms with E-state index in [4.69, 9.17) is 17.3 Å². The molecule has 0 fully saturated rings. The minimum absolute atomic E-state index is 0.0351. The van der Waals surface area contributed by atoms with Crippen LogP contribution in [0.5, 0.6) is 0 Å². The molecule has 1 atom stereocenters. The molecule has 94 valence electrons. The van der Waals surface area contributed by atoms with Gasteiger partial charge in [-0.2, -0.15) is 13.2 Å². The van der Waals surface area contributed by atoms with Crippen molar-refractivity contribution in [2.75, 3.05) is 5.32 Å². The summed E-state index contributed by atoms with van der Waals surface area (Å²) in [6.45, 7) is 1.42. The first-order valence-corrected chi connectivity index (χ1v) is 5.02. The summed E-state index contributed by atoms with van der Waals surface area (Å²) in [7, 11) is 0. The second kappa shape index (κ2) is 4.93. The Morgan fingerprint density at radius 2 is 2.00 bits per heavy atom. The minimum atomic E-state index is -4.52. The van der Waals surface area contributed by atoms with Crippen LogP contribution in [0, 0.1) is 0 Å². The van der Waals surface area contributed by atoms with Crippen LogP contribution in [-0.4, -0.2) is 11.9 Å². The minimum Gasteiger partial charge on any atom is -0.325 e. The number of alkyl halides is 3. The van der Waals surface area contributed by atoms with E-state index in [2.05, 4.69) is 5.32 Å². The maximum atomic E-state index is 12.4. The highest BCUT2D eigenvalue weighted by Gasteiger charge is 2.31. The van der Waals surface area contributed by atoms with Crippen LogP contribution in [-0.2, 0) is 11.0 Å². The molecule has 0 spiro atoms. The second-order valence-electron chi connectivity index (χ2n) is 3.50. The van der Waals surface area contributed by atoms with Crippen molar-refractivity contribution in [3.63, 3.8) is 0 Å². The number of rotatable bonds is 2. The molecule has 3 N–H and O–H groups in total. The summed E-state index contributed by atoms with van der Waals surface area (Å²) >= 11 is 5.54. The predicted octanol–water partition coefficient (Wildman–Crippen LogP) is 2.64. The van der Waals surface area contributed by atoms with Gasteiger partial charge < -0.3 is 11.1 Å². The zero-order valence-corrected chi connectivity index (χ0v) is 9.56. The fraction of sp³-hybridized carbons (Fsp3) is 0.300. The highest BCUT2D eigenvalue weighted by molar-refractivity contribution is 6.31. The van der Waals surface area contributed by atoms with Gasteiger partial charge >= 0.3 is 6.18 Å². The van der Waals surface area contributed by atoms with Crippen molar-refractivity contribution < 1.29 is 18.0 Å². The molecule has 3 nitrogen and oxygen atoms in total. The van der Waals surface area contributed by atoms with E-state index < -0.39 is 23.7 Å². The number of carbonyl (C=O) groups excluding carboxylic acids is 1. The molecule has 0 aliphatic carbocycles. The van der Waals surface area contributed by atoms with E-state index in [9.17, 15) is 18.0 Å². The number of amides is 1. The molecular formula is C10H10ClF3N2O. The maximum absolute atomic E-state index is 12.4. The smallest absolute Gasteiger partial charge is 0.325 e. The average Bonchev–Trinajstić information content (AvgIpc) is 2.15. The molecule has 0 aliphatic rings. The molecule has 1 amide bonds. The van der Waals surface area contributed by atoms with E-state index in [0.29, 0.717) is 0 Å². The number of nitrogens with two attached hydrogens (primary N) is 1. The Bertz CT molecular complexity index is 432. The number of hydrogen-bond acceptors (Lipinski definition) is 2. The molecule has 0 bridgehead atoms. The lowest BCUT2D eigenvalue weighted by Crippen LogP contribution is -2.32. The highest BCUT2D eigenvalue weighted by Crippen LogP contribution is 2.33. The van der Waals surface area contributed by atoms with Gasteiger partial charge in [0.05, 0.1) is 11.6 Å². The Kier molecular flexibility index (Phi) is 4.00. The van der Waals surface area contributed by atoms with Gasteiger partial charge in [0.15, 0.2) is 0 Å². The second-order valence-corrected chi connectivity index (χ2v) is 3.94. The third-order valence-corrected chi connectivity index (χ3v) is 2.12. The van der Waals surface area contributed by atoms with Gasteiger partial charge in [-0.15, -0.1) is 0 Å². The van der Waals surface area contributed by atoms with E-state index in [1.807, 2.05) is 0 Å². The fourth-order valence-corrected chi connectivity index (χ4v) is 1.32. The lowest BCUT2D eigenvalue weighted by atomic mass is 10.2. The predicted molar refractivity (Wildman–Crippen MR) is 58.7 cm³/mol. The van der Waals surface area contributed by atoms with Gasteiger partial charge in [0.25, 0.3) is 0 Å². The number of anilines is 1. The third kappa shape index (κ3) is 3.90. The molecule has 1 rings (SSSR count). The van der Waals surface area contributed by atoms with Gasteiger partial charge in [-0.05, 0) is 25.1 Å². The summed E-state index contributed by atoms with van der Waals surface area (Å²) in [5.41, 5.74) is 4.32. The number of carbonyl (C=O) groups is 1. The van der Waals surface area contributed by atoms with Crippen LogP contribution in [0.25, 0.3) is 0 Å². The van der Waals surface area contributed by atoms with Gasteiger partial charge in [0.1, 0.15) is 0 Å². The number of hydrogen-bond donors (Lipinski definition) is 2. The summed E-state index contributed by atoms with van der Waals surface area (Å²) < 4.78 is 37.3. The standard InChI is InChI=1S/C10H10ClF3N2O/c1-5(15)9(17)16-8-3-6(10(12,13)14)2-7(11)4-8/h2-5H,15H2,1H3,(H,16,17). The van der Waals surface area contributed by atoms with Crippen molar-refractivity contribution in [1.29, 1.82) is 0 Å². The molecule has 7 heteroatoms. The van der Waals surface area contributed by atoms with Crippen LogP contribution >= 0.6 is 11.6 Å². The SMILES string of the molecule is CC(N)C(=O)Nc1cc(Cl)cc(C(F)(F)F)c1. The summed E-state index contributed by atoms with van der Waals surface area (Å²) in [6, 6.07) is 1.98. The van der Waals surface area contributed by atoms with E-state index in [0.717, 1.165) is 12.1 Å². The molecule has 0 aliphatic heterocycles. The maximum Gasteiger partial charge on any atom is 0.416 e. The zero-order valence-electron chi connectivity index (χ0n) is 8.81. The molecule has 0 saturated carbocycles. The van der Waals surface area contributed by atoms with Gasteiger partial charge in [0.2, 0.25) is 5.91 Å². The van der Waals surface area contributed by atoms with Crippen molar-refractivity contribution in [3.05, 3.63) is 28.8 Å². The zero-order chi connectivity index (χ0) is 13.2. The molecule has 0 saturated heterocycles. The summed E-state index contributed by atoms with van der Waals surface area (Å²) in [4.78, 5) is 11.2. The molecule has 0 heterocycles. The van der Waals surface area contributed by atoms with Crippen LogP contribution in [0.4, 0.5) is 18.9 Å². The Hall–Kier alpha value is -1.27. The largest absolute Gasteiger partial charge is 0.416 e. The molecule has 1 aromatic carbocycles. The lowest BCUT2D eigenvalue weighted by Gasteiger charge is -2.12. The average molecular weight is 267 g/mol. The highest BCUT2D eigenvalue weighted by atomic mass is 35.5. The summed E-state index contributed by atoms with van der Waals surface area (Å²) in [6.07, 6.45) is -4.52. The van der Waals surface area contributed by atoms with Crippen LogP contribution in [0.1, 0.15) is 12.5 Å². The first-order chi connectivity index (χ1) is 7.70. The lowest BCUT2D eigenvalue weighted by molar-refractivity contribution is -0.137. The number of halogens is 4. The van der Waals surface area contributed by atoms with Gasteiger partial charge in [-0.25, -0.2) is 0 Å². The van der Waals surface area contributed by atoms with Gasteiger partial charge in [-0.3, -0.25) is 4.79 Å². The Morgan fingerprint density at radius 1 is 1.41 bits per heavy atom. The summed E-state index contributed by atoms with van der Waals surface area (Å²) in [5, 5.41) is 2.13. The van der Waals surface area contributed by atoms with E-state index in [1.54, 1.807) is 0 Å². The van der Waals surface area contributed by atoms with E-state index >= 15 is 0 Å². The molecule has 17 heavy (non-hydrogen) atoms. The number of nitrogens with one attached hydrogen (secondary N) is 1. The van der Waals surface area contributed by atoms with Crippen LogP contribution < -0.4 is 11.1 Å². The monoisotopic (exact) mass is 266 g/mol. The Labute approximate surface area is 101 Å². The van der Waals surface area contributed by atoms with Gasteiger partial charge in [-0.1, -0.05) is 11.6 Å². The van der Waals surface area contributed by atoms with Gasteiger partial charge in [0, 0.05) is 10.7 Å². The molecule has 0 radical (unpaired) electrons. The van der Waals surface area contributed by atoms with Crippen LogP contribution in [0.2, 0.25) is 5.02 Å². The van der Waals surface area contributed by atoms with Crippen molar-refractivity contribution >= 4 is 23.2 Å². The normalized spacial score (nSPS) is 13.3. The van der Waals surface area contributed by atoms with Crippen LogP contribution in [0.3, 0.4) is 0 Å². The Balaban J connectivity index is 3.02. The first kappa shape index (κ1) is 13.8.